The molecule has 148 heavy (non-hydrogen) atoms. The number of rotatable bonds is 19. The van der Waals surface area contributed by atoms with Gasteiger partial charge in [0.25, 0.3) is 17.7 Å². The van der Waals surface area contributed by atoms with Gasteiger partial charge in [-0.25, -0.2) is 19.2 Å². The van der Waals surface area contributed by atoms with E-state index in [9.17, 15) is 96.5 Å². The summed E-state index contributed by atoms with van der Waals surface area (Å²) >= 11 is 6.89. The molecule has 8 aliphatic rings. The van der Waals surface area contributed by atoms with Crippen molar-refractivity contribution in [3.05, 3.63) is 164 Å². The SMILES string of the molecule is C#CCO.CNCC#Cc1cc(C2CCCC2)c(O)cc1NC(=O)C1CNc2cc(OC(F)(F)F)ccc2O1.COC(=O)Oc1cc(N)c(Br)cc1C1CCCC1.COC(=O)Oc1cc(NC(=O)C2CNc3cc(OC(F)(F)F)ccc3O2)c(Br)cc1C1CCCC1.COC(=O)Oc1cc(NC(=O)C2CNc3cc(OC(F)(F)F)ccc3O2)c(C#CCO)cc1C1CCCC1.O=C(O)C1CNc2cc(OC(F)(F)F)ccc2O1. The Morgan fingerprint density at radius 3 is 1.05 bits per heavy atom. The van der Waals surface area contributed by atoms with Crippen LogP contribution in [-0.2, 0) is 33.4 Å². The van der Waals surface area contributed by atoms with E-state index >= 15 is 0 Å². The summed E-state index contributed by atoms with van der Waals surface area (Å²) in [5.41, 5.74) is 12.8. The smallest absolute Gasteiger partial charge is 0.508 e. The van der Waals surface area contributed by atoms with E-state index in [1.165, 1.54) is 70.6 Å². The minimum atomic E-state index is -4.84. The van der Waals surface area contributed by atoms with Gasteiger partial charge in [0.05, 0.1) is 93.9 Å². The summed E-state index contributed by atoms with van der Waals surface area (Å²) in [5.74, 6) is 12.0. The maximum Gasteiger partial charge on any atom is 0.573 e. The van der Waals surface area contributed by atoms with Crippen molar-refractivity contribution in [1.82, 2.24) is 5.32 Å². The number of terminal acetylenes is 1. The standard InChI is InChI=1S/C26H25F3N2O7.C25H26F3N3O4.C23H22BrF3N2O6.C13H16BrNO3.C10H8F3NO4.C3H4O/c1-35-25(34)37-22-13-19(16(7-4-10-32)11-18(22)15-5-2-3-6-15)31-24(33)23-14-30-20-12-17(38-26(27,28)29)8-9-21(20)36-23;1-29-10-4-7-16-11-18(15-5-2-3-6-15)21(32)13-19(16)31-24(33)23-14-30-20-12-17(35-25(26,27)28)8-9-22(20)34-23;1-32-22(31)34-19-10-16(15(24)9-14(19)12-4-2-3-5-12)29-21(30)20-11-28-17-8-13(35-23(25,26)27)6-7-18(17)33-20;1-17-13(16)18-12-7-11(15)10(14)6-9(12)8-4-2-3-5-8;11-10(12,13)18-5-1-2-7-6(3-5)14-4-8(17-7)9(15)16;1-2-3-4/h8-9,11-13,15,23,30,32H,2-3,5-6,10,14H2,1H3,(H,31,33);8-9,11-13,15,23,29-30,32H,2-3,5-6,10,14H2,1H3,(H,31,33);6-10,12,20,28H,2-5,11H2,1H3,(H,29,30);6-8H,2-5,15H2,1H3;1-3,8,14H,4H2,(H,15,16);1,4H,3H2. The molecule has 16 rings (SSSR count). The summed E-state index contributed by atoms with van der Waals surface area (Å²) in [6.07, 6.45) is -4.42. The third-order valence-corrected chi connectivity index (χ3v) is 24.7. The van der Waals surface area contributed by atoms with E-state index in [1.807, 2.05) is 24.1 Å². The van der Waals surface area contributed by atoms with Crippen molar-refractivity contribution < 1.29 is 173 Å². The predicted molar refractivity (Wildman–Crippen MR) is 520 cm³/mol. The molecule has 14 N–H and O–H groups in total. The average Bonchev–Trinajstić information content (AvgIpc) is 1.73. The molecule has 8 aromatic rings. The van der Waals surface area contributed by atoms with E-state index in [0.29, 0.717) is 56.6 Å². The number of hydrogen-bond acceptors (Lipinski definition) is 30. The highest BCUT2D eigenvalue weighted by Gasteiger charge is 2.40. The number of aliphatic hydroxyl groups is 2. The largest absolute Gasteiger partial charge is 0.573 e. The van der Waals surface area contributed by atoms with E-state index in [2.05, 4.69) is 138 Å². The van der Waals surface area contributed by atoms with Crippen molar-refractivity contribution in [1.29, 1.82) is 0 Å². The number of carbonyl (C=O) groups is 7. The number of alkyl halides is 12. The number of aliphatic hydroxyl groups excluding tert-OH is 2. The molecule has 34 nitrogen and oxygen atoms in total. The zero-order valence-corrected chi connectivity index (χ0v) is 82.4. The number of hydrogen-bond donors (Lipinski definition) is 13. The number of halogens is 14. The monoisotopic (exact) mass is 2210 g/mol. The molecule has 794 valence electrons. The topological polar surface area (TPSA) is 452 Å². The Hall–Kier alpha value is -14.7. The summed E-state index contributed by atoms with van der Waals surface area (Å²) in [5, 5.41) is 58.8. The number of carbonyl (C=O) groups excluding carboxylic acids is 6. The van der Waals surface area contributed by atoms with Gasteiger partial charge in [0.1, 0.15) is 82.2 Å². The minimum Gasteiger partial charge on any atom is -0.508 e. The Kier molecular flexibility index (Phi) is 40.4. The number of nitrogens with two attached hydrogens (primary N) is 1. The lowest BCUT2D eigenvalue weighted by Gasteiger charge is -2.27. The Morgan fingerprint density at radius 1 is 0.419 bits per heavy atom. The zero-order valence-electron chi connectivity index (χ0n) is 79.2. The molecule has 0 radical (unpaired) electrons. The van der Waals surface area contributed by atoms with E-state index in [4.69, 9.17) is 49.1 Å². The van der Waals surface area contributed by atoms with Crippen molar-refractivity contribution in [3.8, 4) is 105 Å². The molecular formula is C100H101Br2F12N9O25. The summed E-state index contributed by atoms with van der Waals surface area (Å²) in [6.45, 7) is -0.132. The number of ether oxygens (including phenoxy) is 14. The number of methoxy groups -OCH3 is 3. The summed E-state index contributed by atoms with van der Waals surface area (Å²) in [4.78, 5) is 84.6. The van der Waals surface area contributed by atoms with Gasteiger partial charge in [-0.1, -0.05) is 81.0 Å². The number of phenols is 1. The molecule has 4 heterocycles. The average molecular weight is 2220 g/mol. The van der Waals surface area contributed by atoms with E-state index in [0.717, 1.165) is 165 Å². The molecule has 4 fully saturated rings. The summed E-state index contributed by atoms with van der Waals surface area (Å²) in [6, 6.07) is 27.5. The highest BCUT2D eigenvalue weighted by molar-refractivity contribution is 9.11. The second-order valence-corrected chi connectivity index (χ2v) is 35.2. The van der Waals surface area contributed by atoms with Crippen molar-refractivity contribution in [2.45, 2.75) is 176 Å². The fourth-order valence-electron chi connectivity index (χ4n) is 16.7. The van der Waals surface area contributed by atoms with Crippen molar-refractivity contribution in [3.63, 3.8) is 0 Å². The molecule has 8 aromatic carbocycles. The molecule has 48 heteroatoms. The maximum atomic E-state index is 13.1. The van der Waals surface area contributed by atoms with Gasteiger partial charge in [-0.15, -0.1) is 59.1 Å². The van der Waals surface area contributed by atoms with Gasteiger partial charge in [0.2, 0.25) is 6.10 Å². The highest BCUT2D eigenvalue weighted by atomic mass is 79.9. The molecule has 0 aromatic heterocycles. The van der Waals surface area contributed by atoms with Crippen LogP contribution >= 0.6 is 31.9 Å². The van der Waals surface area contributed by atoms with E-state index in [-0.39, 0.29) is 113 Å². The number of fused-ring (bicyclic) bond motifs is 4. The first kappa shape index (κ1) is 114. The molecule has 4 aliphatic carbocycles. The van der Waals surface area contributed by atoms with E-state index < -0.39 is 122 Å². The molecule has 4 atom stereocenters. The van der Waals surface area contributed by atoms with Crippen LogP contribution in [0, 0.1) is 36.0 Å². The number of carboxylic acid groups (broad SMARTS) is 1. The van der Waals surface area contributed by atoms with Gasteiger partial charge < -0.3 is 135 Å². The number of amides is 3. The maximum absolute atomic E-state index is 13.1. The van der Waals surface area contributed by atoms with Crippen LogP contribution in [0.15, 0.2) is 130 Å². The van der Waals surface area contributed by atoms with Gasteiger partial charge in [0.15, 0.2) is 18.3 Å². The summed E-state index contributed by atoms with van der Waals surface area (Å²) in [7, 11) is 5.47. The van der Waals surface area contributed by atoms with Crippen LogP contribution in [0.4, 0.5) is 113 Å². The second-order valence-electron chi connectivity index (χ2n) is 33.5. The number of aliphatic carboxylic acids is 1. The summed E-state index contributed by atoms with van der Waals surface area (Å²) < 4.78 is 217. The lowest BCUT2D eigenvalue weighted by Crippen LogP contribution is -2.41. The first-order chi connectivity index (χ1) is 70.4. The van der Waals surface area contributed by atoms with Gasteiger partial charge in [-0.3, -0.25) is 14.4 Å². The molecule has 0 saturated heterocycles. The number of carboxylic acids is 1. The molecule has 0 spiro atoms. The van der Waals surface area contributed by atoms with Gasteiger partial charge >= 0.3 is 49.9 Å². The number of anilines is 8. The van der Waals surface area contributed by atoms with Gasteiger partial charge in [-0.05, 0) is 209 Å². The molecule has 4 unspecified atom stereocenters. The molecular weight excluding hydrogens is 2110 g/mol. The van der Waals surface area contributed by atoms with Gasteiger partial charge in [-0.2, -0.15) is 0 Å². The lowest BCUT2D eigenvalue weighted by molar-refractivity contribution is -0.275. The third kappa shape index (κ3) is 33.7. The number of nitrogens with one attached hydrogen (secondary N) is 8. The van der Waals surface area contributed by atoms with Crippen LogP contribution in [0.25, 0.3) is 0 Å². The van der Waals surface area contributed by atoms with Crippen LogP contribution in [0.1, 0.15) is 160 Å². The Balaban J connectivity index is 0.000000179. The quantitative estimate of drug-likeness (QED) is 0.00893. The van der Waals surface area contributed by atoms with Crippen molar-refractivity contribution in [2.24, 2.45) is 0 Å². The van der Waals surface area contributed by atoms with Crippen LogP contribution in [-0.4, -0.2) is 187 Å². The fraction of sp³-hybridized carbons (Fsp3) is 0.390. The third-order valence-electron chi connectivity index (χ3n) is 23.3. The Morgan fingerprint density at radius 2 is 0.716 bits per heavy atom. The van der Waals surface area contributed by atoms with Crippen LogP contribution in [0.3, 0.4) is 0 Å². The van der Waals surface area contributed by atoms with Crippen LogP contribution in [0.5, 0.6) is 69.0 Å². The highest BCUT2D eigenvalue weighted by Crippen LogP contribution is 2.49. The molecule has 3 amide bonds. The van der Waals surface area contributed by atoms with Crippen molar-refractivity contribution >= 4 is 120 Å². The minimum absolute atomic E-state index is 0.0115. The number of nitrogen functional groups attached to an aromatic ring is 1. The zero-order chi connectivity index (χ0) is 107. The number of benzene rings is 8. The fourth-order valence-corrected chi connectivity index (χ4v) is 17.5. The normalized spacial score (nSPS) is 16.8. The van der Waals surface area contributed by atoms with Gasteiger partial charge in [0, 0.05) is 74.3 Å². The van der Waals surface area contributed by atoms with Crippen LogP contribution in [0.2, 0.25) is 0 Å². The Bertz CT molecular complexity index is 6230. The second kappa shape index (κ2) is 52.6. The van der Waals surface area contributed by atoms with Crippen LogP contribution < -0.4 is 100 Å². The predicted octanol–water partition coefficient (Wildman–Crippen LogP) is 20.1. The molecule has 0 bridgehead atoms. The first-order valence-corrected chi connectivity index (χ1v) is 47.4. The first-order valence-electron chi connectivity index (χ1n) is 45.8. The Labute approximate surface area is 855 Å². The van der Waals surface area contributed by atoms with E-state index in [1.54, 1.807) is 25.2 Å². The molecule has 4 saturated carbocycles. The number of aromatic hydroxyl groups is 1. The van der Waals surface area contributed by atoms with Crippen molar-refractivity contribution in [2.75, 3.05) is 117 Å². The molecule has 4 aliphatic heterocycles. The lowest BCUT2D eigenvalue weighted by atomic mass is 9.94. The number of phenolic OH excluding ortho intramolecular Hbond substituents is 1.